The van der Waals surface area contributed by atoms with Gasteiger partial charge in [0.1, 0.15) is 6.04 Å². The number of nitrogens with zero attached hydrogens (tertiary/aromatic N) is 3. The zero-order chi connectivity index (χ0) is 21.6. The molecule has 1 amide bonds. The molecular weight excluding hydrogens is 382 g/mol. The van der Waals surface area contributed by atoms with E-state index in [-0.39, 0.29) is 5.91 Å². The second kappa shape index (κ2) is 10.8. The number of nitrogens with one attached hydrogen (secondary N) is 2. The largest absolute Gasteiger partial charge is 0.331 e. The van der Waals surface area contributed by atoms with Crippen molar-refractivity contribution in [1.29, 1.82) is 0 Å². The molecule has 0 saturated heterocycles. The predicted molar refractivity (Wildman–Crippen MR) is 121 cm³/mol. The van der Waals surface area contributed by atoms with Crippen LogP contribution in [-0.2, 0) is 11.3 Å². The molecule has 2 N–H and O–H groups in total. The van der Waals surface area contributed by atoms with Crippen molar-refractivity contribution >= 4 is 23.4 Å². The second-order valence-electron chi connectivity index (χ2n) is 7.99. The van der Waals surface area contributed by atoms with Crippen molar-refractivity contribution in [2.24, 2.45) is 0 Å². The summed E-state index contributed by atoms with van der Waals surface area (Å²) in [6.45, 7) is 11.4. The summed E-state index contributed by atoms with van der Waals surface area (Å²) in [5, 5.41) is 12.8. The lowest BCUT2D eigenvalue weighted by Gasteiger charge is -2.20. The number of anilines is 1. The quantitative estimate of drug-likeness (QED) is 0.581. The molecule has 0 aliphatic carbocycles. The van der Waals surface area contributed by atoms with Gasteiger partial charge in [-0.15, -0.1) is 10.2 Å². The lowest BCUT2D eigenvalue weighted by atomic mass is 10.1. The van der Waals surface area contributed by atoms with Crippen LogP contribution in [-0.4, -0.2) is 40.5 Å². The molecule has 0 spiro atoms. The van der Waals surface area contributed by atoms with Crippen LogP contribution in [0.3, 0.4) is 0 Å². The SMILES string of the molecule is CCCCn1c(SCC(=O)Nc2c(C)cc(C)cc2C)nnc1[C@H](CC)[NH+](C)C. The van der Waals surface area contributed by atoms with Gasteiger partial charge in [0, 0.05) is 18.7 Å². The molecular formula is C22H36N5OS+. The molecule has 1 aromatic carbocycles. The minimum Gasteiger partial charge on any atom is -0.331 e. The summed E-state index contributed by atoms with van der Waals surface area (Å²) in [5.41, 5.74) is 4.30. The monoisotopic (exact) mass is 418 g/mol. The molecule has 1 heterocycles. The maximum absolute atomic E-state index is 12.6. The van der Waals surface area contributed by atoms with Crippen molar-refractivity contribution < 1.29 is 9.69 Å². The van der Waals surface area contributed by atoms with Gasteiger partial charge < -0.3 is 14.8 Å². The first-order chi connectivity index (χ1) is 13.8. The fourth-order valence-electron chi connectivity index (χ4n) is 3.72. The van der Waals surface area contributed by atoms with Crippen LogP contribution in [0, 0.1) is 20.8 Å². The molecule has 1 atom stereocenters. The lowest BCUT2D eigenvalue weighted by molar-refractivity contribution is -0.893. The van der Waals surface area contributed by atoms with Crippen molar-refractivity contribution in [1.82, 2.24) is 14.8 Å². The lowest BCUT2D eigenvalue weighted by Crippen LogP contribution is -3.06. The highest BCUT2D eigenvalue weighted by Crippen LogP contribution is 2.24. The number of carbonyl (C=O) groups excluding carboxylic acids is 1. The van der Waals surface area contributed by atoms with E-state index in [4.69, 9.17) is 0 Å². The molecule has 160 valence electrons. The van der Waals surface area contributed by atoms with Crippen LogP contribution in [0.25, 0.3) is 0 Å². The van der Waals surface area contributed by atoms with Gasteiger partial charge in [0.25, 0.3) is 0 Å². The first kappa shape index (κ1) is 23.4. The summed E-state index contributed by atoms with van der Waals surface area (Å²) in [6.07, 6.45) is 3.19. The molecule has 6 nitrogen and oxygen atoms in total. The van der Waals surface area contributed by atoms with Gasteiger partial charge in [0.2, 0.25) is 5.91 Å². The van der Waals surface area contributed by atoms with E-state index in [0.717, 1.165) is 53.6 Å². The summed E-state index contributed by atoms with van der Waals surface area (Å²) in [6, 6.07) is 4.50. The molecule has 7 heteroatoms. The number of aromatic nitrogens is 3. The van der Waals surface area contributed by atoms with Crippen LogP contribution in [0.5, 0.6) is 0 Å². The Morgan fingerprint density at radius 1 is 1.17 bits per heavy atom. The maximum atomic E-state index is 12.6. The van der Waals surface area contributed by atoms with Gasteiger partial charge in [-0.25, -0.2) is 0 Å². The number of aryl methyl sites for hydroxylation is 3. The van der Waals surface area contributed by atoms with Gasteiger partial charge in [0.15, 0.2) is 11.0 Å². The molecule has 0 unspecified atom stereocenters. The van der Waals surface area contributed by atoms with Crippen LogP contribution in [0.1, 0.15) is 61.7 Å². The van der Waals surface area contributed by atoms with Crippen LogP contribution in [0.4, 0.5) is 5.69 Å². The van der Waals surface area contributed by atoms with E-state index in [0.29, 0.717) is 11.8 Å². The third-order valence-electron chi connectivity index (χ3n) is 5.17. The van der Waals surface area contributed by atoms with E-state index in [2.05, 4.69) is 67.1 Å². The zero-order valence-electron chi connectivity index (χ0n) is 18.9. The van der Waals surface area contributed by atoms with E-state index in [1.807, 2.05) is 13.8 Å². The minimum absolute atomic E-state index is 0.0121. The van der Waals surface area contributed by atoms with Gasteiger partial charge in [-0.2, -0.15) is 0 Å². The molecule has 2 aromatic rings. The van der Waals surface area contributed by atoms with Gasteiger partial charge >= 0.3 is 0 Å². The van der Waals surface area contributed by atoms with Gasteiger partial charge in [0.05, 0.1) is 19.8 Å². The topological polar surface area (TPSA) is 64.2 Å². The Balaban J connectivity index is 2.13. The first-order valence-corrected chi connectivity index (χ1v) is 11.5. The maximum Gasteiger partial charge on any atom is 0.234 e. The molecule has 0 aliphatic rings. The molecule has 0 fully saturated rings. The number of unbranched alkanes of at least 4 members (excludes halogenated alkanes) is 1. The summed E-state index contributed by atoms with van der Waals surface area (Å²) < 4.78 is 2.21. The van der Waals surface area contributed by atoms with E-state index in [1.54, 1.807) is 0 Å². The predicted octanol–water partition coefficient (Wildman–Crippen LogP) is 3.33. The van der Waals surface area contributed by atoms with E-state index in [9.17, 15) is 4.79 Å². The van der Waals surface area contributed by atoms with Crippen molar-refractivity contribution in [3.63, 3.8) is 0 Å². The van der Waals surface area contributed by atoms with Crippen molar-refractivity contribution in [2.75, 3.05) is 25.2 Å². The van der Waals surface area contributed by atoms with Crippen molar-refractivity contribution in [2.45, 2.75) is 71.6 Å². The average Bonchev–Trinajstić information content (AvgIpc) is 3.04. The van der Waals surface area contributed by atoms with E-state index < -0.39 is 0 Å². The Hall–Kier alpha value is -1.86. The van der Waals surface area contributed by atoms with Crippen LogP contribution in [0.15, 0.2) is 17.3 Å². The van der Waals surface area contributed by atoms with Gasteiger partial charge in [-0.05, 0) is 38.3 Å². The van der Waals surface area contributed by atoms with Crippen LogP contribution in [0.2, 0.25) is 0 Å². The number of hydrogen-bond donors (Lipinski definition) is 2. The molecule has 29 heavy (non-hydrogen) atoms. The van der Waals surface area contributed by atoms with Crippen LogP contribution >= 0.6 is 11.8 Å². The molecule has 2 rings (SSSR count). The Bertz CT molecular complexity index is 808. The van der Waals surface area contributed by atoms with Crippen molar-refractivity contribution in [3.8, 4) is 0 Å². The Morgan fingerprint density at radius 3 is 2.38 bits per heavy atom. The molecule has 0 bridgehead atoms. The number of benzene rings is 1. The number of amides is 1. The van der Waals surface area contributed by atoms with Crippen molar-refractivity contribution in [3.05, 3.63) is 34.6 Å². The zero-order valence-corrected chi connectivity index (χ0v) is 19.7. The molecule has 0 saturated carbocycles. The summed E-state index contributed by atoms with van der Waals surface area (Å²) >= 11 is 1.47. The van der Waals surface area contributed by atoms with Gasteiger partial charge in [-0.1, -0.05) is 49.7 Å². The fraction of sp³-hybridized carbons (Fsp3) is 0.591. The second-order valence-corrected chi connectivity index (χ2v) is 8.94. The number of hydrogen-bond acceptors (Lipinski definition) is 4. The summed E-state index contributed by atoms with van der Waals surface area (Å²) in [7, 11) is 4.30. The summed E-state index contributed by atoms with van der Waals surface area (Å²) in [4.78, 5) is 14.0. The molecule has 1 aromatic heterocycles. The molecule has 0 aliphatic heterocycles. The highest BCUT2D eigenvalue weighted by atomic mass is 32.2. The Labute approximate surface area is 179 Å². The number of rotatable bonds is 10. The number of quaternary nitrogens is 1. The van der Waals surface area contributed by atoms with Crippen LogP contribution < -0.4 is 10.2 Å². The average molecular weight is 419 g/mol. The Kier molecular flexibility index (Phi) is 8.71. The van der Waals surface area contributed by atoms with E-state index >= 15 is 0 Å². The van der Waals surface area contributed by atoms with E-state index in [1.165, 1.54) is 22.2 Å². The highest BCUT2D eigenvalue weighted by Gasteiger charge is 2.25. The third kappa shape index (κ3) is 6.06. The third-order valence-corrected chi connectivity index (χ3v) is 6.14. The number of carbonyl (C=O) groups is 1. The first-order valence-electron chi connectivity index (χ1n) is 10.5. The minimum atomic E-state index is -0.0121. The molecule has 0 radical (unpaired) electrons. The van der Waals surface area contributed by atoms with Gasteiger partial charge in [-0.3, -0.25) is 4.79 Å². The fourth-order valence-corrected chi connectivity index (χ4v) is 4.49. The smallest absolute Gasteiger partial charge is 0.234 e. The number of thioether (sulfide) groups is 1. The Morgan fingerprint density at radius 2 is 1.83 bits per heavy atom. The summed E-state index contributed by atoms with van der Waals surface area (Å²) in [5.74, 6) is 1.33. The highest BCUT2D eigenvalue weighted by molar-refractivity contribution is 7.99. The standard InChI is InChI=1S/C22H35N5OS/c1-8-10-11-27-21(18(9-2)26(6)7)24-25-22(27)29-14-19(28)23-20-16(4)12-15(3)13-17(20)5/h12-13,18H,8-11,14H2,1-7H3,(H,23,28)/p+1/t18-/m0/s1. The normalized spacial score (nSPS) is 12.4.